The molecule has 0 radical (unpaired) electrons. The van der Waals surface area contributed by atoms with Gasteiger partial charge in [0.15, 0.2) is 0 Å². The van der Waals surface area contributed by atoms with Crippen LogP contribution in [0.15, 0.2) is 53.4 Å². The molecule has 0 aliphatic carbocycles. The number of nitrogens with zero attached hydrogens (tertiary/aromatic N) is 3. The lowest BCUT2D eigenvalue weighted by Gasteiger charge is -2.34. The standard InChI is InChI=1S/C20H20N4O4S/c1-15(25)22-18-7-4-6-16(13-18)20(26)23-9-11-24(12-10-23)29(27,28)19-8-3-2-5-17(19)14-21/h2-8,13H,9-12H2,1H3,(H,22,25). The van der Waals surface area contributed by atoms with Crippen LogP contribution < -0.4 is 5.32 Å². The number of nitriles is 1. The van der Waals surface area contributed by atoms with Gasteiger partial charge in [-0.2, -0.15) is 9.57 Å². The average molecular weight is 412 g/mol. The Kier molecular flexibility index (Phi) is 5.96. The van der Waals surface area contributed by atoms with Gasteiger partial charge in [0.05, 0.1) is 10.5 Å². The van der Waals surface area contributed by atoms with Crippen LogP contribution in [-0.2, 0) is 14.8 Å². The zero-order valence-electron chi connectivity index (χ0n) is 15.8. The molecule has 150 valence electrons. The number of anilines is 1. The maximum Gasteiger partial charge on any atom is 0.254 e. The van der Waals surface area contributed by atoms with Gasteiger partial charge in [0.1, 0.15) is 6.07 Å². The van der Waals surface area contributed by atoms with E-state index in [0.29, 0.717) is 11.3 Å². The average Bonchev–Trinajstić information content (AvgIpc) is 2.73. The van der Waals surface area contributed by atoms with Crippen LogP contribution in [0.1, 0.15) is 22.8 Å². The van der Waals surface area contributed by atoms with E-state index in [9.17, 15) is 23.3 Å². The van der Waals surface area contributed by atoms with E-state index in [1.54, 1.807) is 41.3 Å². The van der Waals surface area contributed by atoms with Crippen molar-refractivity contribution in [1.29, 1.82) is 5.26 Å². The Balaban J connectivity index is 1.71. The molecular formula is C20H20N4O4S. The molecule has 1 aliphatic rings. The summed E-state index contributed by atoms with van der Waals surface area (Å²) in [7, 11) is -3.81. The molecule has 0 atom stereocenters. The molecule has 1 fully saturated rings. The fourth-order valence-electron chi connectivity index (χ4n) is 3.17. The van der Waals surface area contributed by atoms with E-state index in [1.807, 2.05) is 6.07 Å². The highest BCUT2D eigenvalue weighted by molar-refractivity contribution is 7.89. The number of hydrogen-bond acceptors (Lipinski definition) is 5. The van der Waals surface area contributed by atoms with Gasteiger partial charge < -0.3 is 10.2 Å². The van der Waals surface area contributed by atoms with Gasteiger partial charge in [-0.15, -0.1) is 0 Å². The molecule has 0 spiro atoms. The number of carbonyl (C=O) groups is 2. The number of piperazine rings is 1. The van der Waals surface area contributed by atoms with Gasteiger partial charge in [0.25, 0.3) is 5.91 Å². The molecule has 1 aliphatic heterocycles. The highest BCUT2D eigenvalue weighted by Crippen LogP contribution is 2.22. The Morgan fingerprint density at radius 2 is 1.72 bits per heavy atom. The first-order chi connectivity index (χ1) is 13.8. The topological polar surface area (TPSA) is 111 Å². The van der Waals surface area contributed by atoms with Crippen LogP contribution in [0.4, 0.5) is 5.69 Å². The van der Waals surface area contributed by atoms with Crippen LogP contribution in [0.5, 0.6) is 0 Å². The summed E-state index contributed by atoms with van der Waals surface area (Å²) in [5, 5.41) is 11.8. The second-order valence-electron chi connectivity index (χ2n) is 6.57. The smallest absolute Gasteiger partial charge is 0.254 e. The van der Waals surface area contributed by atoms with Crippen molar-refractivity contribution in [3.05, 3.63) is 59.7 Å². The zero-order chi connectivity index (χ0) is 21.0. The third kappa shape index (κ3) is 4.45. The monoisotopic (exact) mass is 412 g/mol. The maximum atomic E-state index is 12.9. The Labute approximate surface area is 169 Å². The SMILES string of the molecule is CC(=O)Nc1cccc(C(=O)N2CCN(S(=O)(=O)c3ccccc3C#N)CC2)c1. The molecule has 1 heterocycles. The van der Waals surface area contributed by atoms with Crippen LogP contribution in [0, 0.1) is 11.3 Å². The third-order valence-corrected chi connectivity index (χ3v) is 6.54. The fourth-order valence-corrected chi connectivity index (χ4v) is 4.73. The zero-order valence-corrected chi connectivity index (χ0v) is 16.6. The van der Waals surface area contributed by atoms with E-state index in [2.05, 4.69) is 5.32 Å². The molecular weight excluding hydrogens is 392 g/mol. The van der Waals surface area contributed by atoms with Crippen LogP contribution in [0.3, 0.4) is 0 Å². The van der Waals surface area contributed by atoms with Crippen LogP contribution in [0.2, 0.25) is 0 Å². The molecule has 0 unspecified atom stereocenters. The molecule has 8 nitrogen and oxygen atoms in total. The van der Waals surface area contributed by atoms with Crippen molar-refractivity contribution in [2.75, 3.05) is 31.5 Å². The minimum Gasteiger partial charge on any atom is -0.336 e. The lowest BCUT2D eigenvalue weighted by Crippen LogP contribution is -2.50. The van der Waals surface area contributed by atoms with Crippen LogP contribution in [-0.4, -0.2) is 55.6 Å². The first kappa shape index (κ1) is 20.5. The Bertz CT molecular complexity index is 1080. The summed E-state index contributed by atoms with van der Waals surface area (Å²) >= 11 is 0. The summed E-state index contributed by atoms with van der Waals surface area (Å²) in [5.41, 5.74) is 1.04. The van der Waals surface area contributed by atoms with E-state index in [4.69, 9.17) is 0 Å². The molecule has 9 heteroatoms. The quantitative estimate of drug-likeness (QED) is 0.821. The largest absolute Gasteiger partial charge is 0.336 e. The van der Waals surface area contributed by atoms with Crippen molar-refractivity contribution in [3.8, 4) is 6.07 Å². The van der Waals surface area contributed by atoms with Crippen molar-refractivity contribution >= 4 is 27.5 Å². The summed E-state index contributed by atoms with van der Waals surface area (Å²) in [4.78, 5) is 25.5. The van der Waals surface area contributed by atoms with Gasteiger partial charge in [-0.25, -0.2) is 8.42 Å². The number of nitrogens with one attached hydrogen (secondary N) is 1. The molecule has 2 amide bonds. The molecule has 0 bridgehead atoms. The van der Waals surface area contributed by atoms with Crippen molar-refractivity contribution in [3.63, 3.8) is 0 Å². The lowest BCUT2D eigenvalue weighted by molar-refractivity contribution is -0.114. The predicted octanol–water partition coefficient (Wildman–Crippen LogP) is 1.66. The summed E-state index contributed by atoms with van der Waals surface area (Å²) in [5.74, 6) is -0.460. The minimum absolute atomic E-state index is 0.0229. The van der Waals surface area contributed by atoms with Gasteiger partial charge in [-0.05, 0) is 30.3 Å². The molecule has 2 aromatic rings. The molecule has 0 aromatic heterocycles. The van der Waals surface area contributed by atoms with Gasteiger partial charge in [0.2, 0.25) is 15.9 Å². The fraction of sp³-hybridized carbons (Fsp3) is 0.250. The van der Waals surface area contributed by atoms with E-state index in [-0.39, 0.29) is 48.5 Å². The second kappa shape index (κ2) is 8.43. The number of sulfonamides is 1. The Morgan fingerprint density at radius 3 is 2.38 bits per heavy atom. The first-order valence-electron chi connectivity index (χ1n) is 8.99. The molecule has 1 N–H and O–H groups in total. The number of amides is 2. The summed E-state index contributed by atoms with van der Waals surface area (Å²) in [6, 6.07) is 14.6. The van der Waals surface area contributed by atoms with Crippen LogP contribution in [0.25, 0.3) is 0 Å². The summed E-state index contributed by atoms with van der Waals surface area (Å²) in [6.45, 7) is 2.13. The van der Waals surface area contributed by atoms with Crippen molar-refractivity contribution in [2.24, 2.45) is 0 Å². The Morgan fingerprint density at radius 1 is 1.03 bits per heavy atom. The van der Waals surface area contributed by atoms with Crippen molar-refractivity contribution in [1.82, 2.24) is 9.21 Å². The Hall–Kier alpha value is -3.22. The molecule has 0 saturated carbocycles. The van der Waals surface area contributed by atoms with Gasteiger partial charge in [-0.3, -0.25) is 9.59 Å². The van der Waals surface area contributed by atoms with E-state index in [0.717, 1.165) is 0 Å². The third-order valence-electron chi connectivity index (χ3n) is 4.58. The van der Waals surface area contributed by atoms with E-state index in [1.165, 1.54) is 23.4 Å². The maximum absolute atomic E-state index is 12.9. The van der Waals surface area contributed by atoms with Gasteiger partial charge in [-0.1, -0.05) is 18.2 Å². The van der Waals surface area contributed by atoms with E-state index < -0.39 is 10.0 Å². The highest BCUT2D eigenvalue weighted by atomic mass is 32.2. The van der Waals surface area contributed by atoms with Crippen molar-refractivity contribution < 1.29 is 18.0 Å². The first-order valence-corrected chi connectivity index (χ1v) is 10.4. The molecule has 29 heavy (non-hydrogen) atoms. The summed E-state index contributed by atoms with van der Waals surface area (Å²) < 4.78 is 27.1. The van der Waals surface area contributed by atoms with Gasteiger partial charge in [0, 0.05) is 44.4 Å². The highest BCUT2D eigenvalue weighted by Gasteiger charge is 2.31. The predicted molar refractivity (Wildman–Crippen MR) is 107 cm³/mol. The second-order valence-corrected chi connectivity index (χ2v) is 8.47. The molecule has 1 saturated heterocycles. The normalized spacial score (nSPS) is 14.8. The minimum atomic E-state index is -3.81. The number of rotatable bonds is 4. The van der Waals surface area contributed by atoms with Crippen LogP contribution >= 0.6 is 0 Å². The lowest BCUT2D eigenvalue weighted by atomic mass is 10.1. The molecule has 2 aromatic carbocycles. The summed E-state index contributed by atoms with van der Waals surface area (Å²) in [6.07, 6.45) is 0. The van der Waals surface area contributed by atoms with E-state index >= 15 is 0 Å². The number of hydrogen-bond donors (Lipinski definition) is 1. The molecule has 3 rings (SSSR count). The van der Waals surface area contributed by atoms with Crippen molar-refractivity contribution in [2.45, 2.75) is 11.8 Å². The number of carbonyl (C=O) groups excluding carboxylic acids is 2. The van der Waals surface area contributed by atoms with Gasteiger partial charge >= 0.3 is 0 Å². The number of benzene rings is 2.